The topological polar surface area (TPSA) is 54.3 Å². The maximum atomic E-state index is 13.0. The lowest BCUT2D eigenvalue weighted by molar-refractivity contribution is 0.0621. The fraction of sp³-hybridized carbons (Fsp3) is 0.435. The first kappa shape index (κ1) is 20.8. The van der Waals surface area contributed by atoms with Crippen molar-refractivity contribution in [3.8, 4) is 5.69 Å². The van der Waals surface area contributed by atoms with Crippen LogP contribution in [-0.2, 0) is 12.0 Å². The molecule has 158 valence electrons. The molecular weight excluding hydrogens is 394 g/mol. The summed E-state index contributed by atoms with van der Waals surface area (Å²) in [6.45, 7) is 12.5. The minimum atomic E-state index is 0.0103. The zero-order valence-electron chi connectivity index (χ0n) is 18.1. The third-order valence-corrected chi connectivity index (χ3v) is 6.66. The van der Waals surface area contributed by atoms with E-state index in [0.29, 0.717) is 18.8 Å². The van der Waals surface area contributed by atoms with Crippen LogP contribution in [0.15, 0.2) is 41.8 Å². The Morgan fingerprint density at radius 3 is 2.43 bits per heavy atom. The van der Waals surface area contributed by atoms with Crippen LogP contribution < -0.4 is 0 Å². The van der Waals surface area contributed by atoms with Gasteiger partial charge in [-0.3, -0.25) is 9.69 Å². The van der Waals surface area contributed by atoms with Crippen molar-refractivity contribution >= 4 is 17.2 Å². The summed E-state index contributed by atoms with van der Waals surface area (Å²) in [5.41, 5.74) is 3.66. The summed E-state index contributed by atoms with van der Waals surface area (Å²) >= 11 is 1.74. The molecule has 1 amide bonds. The number of carbonyl (C=O) groups is 1. The van der Waals surface area contributed by atoms with E-state index in [-0.39, 0.29) is 11.3 Å². The summed E-state index contributed by atoms with van der Waals surface area (Å²) in [7, 11) is 0. The molecule has 0 radical (unpaired) electrons. The molecule has 0 bridgehead atoms. The van der Waals surface area contributed by atoms with E-state index in [1.54, 1.807) is 11.3 Å². The molecule has 3 aromatic rings. The predicted molar refractivity (Wildman–Crippen MR) is 120 cm³/mol. The van der Waals surface area contributed by atoms with Gasteiger partial charge in [0.2, 0.25) is 0 Å². The van der Waals surface area contributed by atoms with Gasteiger partial charge in [-0.2, -0.15) is 5.10 Å². The number of nitrogens with zero attached hydrogens (tertiary/aromatic N) is 5. The number of para-hydroxylation sites is 1. The average molecular weight is 424 g/mol. The normalized spacial score (nSPS) is 15.5. The minimum Gasteiger partial charge on any atom is -0.335 e. The fourth-order valence-corrected chi connectivity index (χ4v) is 4.53. The highest BCUT2D eigenvalue weighted by atomic mass is 32.1. The summed E-state index contributed by atoms with van der Waals surface area (Å²) in [6.07, 6.45) is 0. The van der Waals surface area contributed by atoms with Crippen LogP contribution in [0, 0.1) is 6.92 Å². The van der Waals surface area contributed by atoms with Crippen LogP contribution in [-0.4, -0.2) is 56.7 Å². The van der Waals surface area contributed by atoms with Crippen molar-refractivity contribution in [3.63, 3.8) is 0 Å². The predicted octanol–water partition coefficient (Wildman–Crippen LogP) is 3.89. The first-order chi connectivity index (χ1) is 14.3. The zero-order chi connectivity index (χ0) is 21.3. The Kier molecular flexibility index (Phi) is 5.75. The Labute approximate surface area is 182 Å². The van der Waals surface area contributed by atoms with Gasteiger partial charge >= 0.3 is 0 Å². The van der Waals surface area contributed by atoms with Gasteiger partial charge in [0, 0.05) is 49.2 Å². The van der Waals surface area contributed by atoms with E-state index in [0.717, 1.165) is 36.7 Å². The minimum absolute atomic E-state index is 0.0103. The molecule has 1 aliphatic rings. The molecule has 3 heterocycles. The molecule has 1 aromatic carbocycles. The lowest BCUT2D eigenvalue weighted by Crippen LogP contribution is -2.48. The largest absolute Gasteiger partial charge is 0.335 e. The van der Waals surface area contributed by atoms with Gasteiger partial charge in [0.1, 0.15) is 0 Å². The second-order valence-electron chi connectivity index (χ2n) is 8.88. The first-order valence-corrected chi connectivity index (χ1v) is 11.3. The smallest absolute Gasteiger partial charge is 0.274 e. The van der Waals surface area contributed by atoms with Gasteiger partial charge in [-0.25, -0.2) is 9.67 Å². The second-order valence-corrected chi connectivity index (χ2v) is 9.74. The molecular formula is C23H29N5OS. The van der Waals surface area contributed by atoms with Crippen molar-refractivity contribution in [3.05, 3.63) is 63.9 Å². The van der Waals surface area contributed by atoms with Crippen molar-refractivity contribution in [2.75, 3.05) is 26.2 Å². The maximum absolute atomic E-state index is 13.0. The number of thiazole rings is 1. The van der Waals surface area contributed by atoms with E-state index in [2.05, 4.69) is 36.1 Å². The van der Waals surface area contributed by atoms with Crippen molar-refractivity contribution in [2.45, 2.75) is 39.7 Å². The van der Waals surface area contributed by atoms with Crippen molar-refractivity contribution in [1.82, 2.24) is 24.6 Å². The Bertz CT molecular complexity index is 1010. The Balaban J connectivity index is 1.36. The van der Waals surface area contributed by atoms with Crippen LogP contribution in [0.4, 0.5) is 0 Å². The molecule has 4 rings (SSSR count). The van der Waals surface area contributed by atoms with Gasteiger partial charge in [-0.1, -0.05) is 39.0 Å². The molecule has 0 saturated carbocycles. The lowest BCUT2D eigenvalue weighted by atomic mass is 9.98. The van der Waals surface area contributed by atoms with E-state index in [1.165, 1.54) is 5.01 Å². The van der Waals surface area contributed by atoms with Crippen LogP contribution in [0.3, 0.4) is 0 Å². The number of amides is 1. The van der Waals surface area contributed by atoms with Gasteiger partial charge in [0.05, 0.1) is 16.4 Å². The summed E-state index contributed by atoms with van der Waals surface area (Å²) in [4.78, 5) is 22.1. The van der Waals surface area contributed by atoms with Crippen LogP contribution >= 0.6 is 11.3 Å². The van der Waals surface area contributed by atoms with E-state index >= 15 is 0 Å². The van der Waals surface area contributed by atoms with Crippen molar-refractivity contribution < 1.29 is 4.79 Å². The van der Waals surface area contributed by atoms with Gasteiger partial charge in [-0.05, 0) is 25.1 Å². The number of hydrogen-bond donors (Lipinski definition) is 0. The summed E-state index contributed by atoms with van der Waals surface area (Å²) < 4.78 is 1.83. The average Bonchev–Trinajstić information content (AvgIpc) is 3.35. The molecule has 1 fully saturated rings. The molecule has 0 spiro atoms. The van der Waals surface area contributed by atoms with Gasteiger partial charge < -0.3 is 4.90 Å². The quantitative estimate of drug-likeness (QED) is 0.639. The SMILES string of the molecule is Cc1cc(C(=O)N2CCN(Cc3csc(C(C)(C)C)n3)CC2)nn1-c1ccccc1. The van der Waals surface area contributed by atoms with E-state index in [1.807, 2.05) is 52.9 Å². The molecule has 0 atom stereocenters. The summed E-state index contributed by atoms with van der Waals surface area (Å²) in [5.74, 6) is 0.0103. The number of benzene rings is 1. The molecule has 0 N–H and O–H groups in total. The fourth-order valence-electron chi connectivity index (χ4n) is 3.63. The van der Waals surface area contributed by atoms with Crippen molar-refractivity contribution in [2.24, 2.45) is 0 Å². The van der Waals surface area contributed by atoms with E-state index in [9.17, 15) is 4.79 Å². The molecule has 1 aliphatic heterocycles. The highest BCUT2D eigenvalue weighted by Crippen LogP contribution is 2.26. The zero-order valence-corrected chi connectivity index (χ0v) is 18.9. The summed E-state index contributed by atoms with van der Waals surface area (Å²) in [5, 5.41) is 7.91. The Morgan fingerprint density at radius 1 is 1.10 bits per heavy atom. The maximum Gasteiger partial charge on any atom is 0.274 e. The number of hydrogen-bond acceptors (Lipinski definition) is 5. The van der Waals surface area contributed by atoms with Gasteiger partial charge in [-0.15, -0.1) is 11.3 Å². The molecule has 1 saturated heterocycles. The number of carbonyl (C=O) groups excluding carboxylic acids is 1. The molecule has 6 nitrogen and oxygen atoms in total. The lowest BCUT2D eigenvalue weighted by Gasteiger charge is -2.34. The van der Waals surface area contributed by atoms with Crippen molar-refractivity contribution in [1.29, 1.82) is 0 Å². The summed E-state index contributed by atoms with van der Waals surface area (Å²) in [6, 6.07) is 11.8. The van der Waals surface area contributed by atoms with Gasteiger partial charge in [0.15, 0.2) is 5.69 Å². The Morgan fingerprint density at radius 2 is 1.80 bits per heavy atom. The number of piperazine rings is 1. The van der Waals surface area contributed by atoms with Crippen LogP contribution in [0.1, 0.15) is 47.7 Å². The molecule has 30 heavy (non-hydrogen) atoms. The third-order valence-electron chi connectivity index (χ3n) is 5.35. The highest BCUT2D eigenvalue weighted by Gasteiger charge is 2.25. The number of aromatic nitrogens is 3. The second kappa shape index (κ2) is 8.32. The standard InChI is InChI=1S/C23H29N5OS/c1-17-14-20(25-28(17)19-8-6-5-7-9-19)21(29)27-12-10-26(11-13-27)15-18-16-30-22(24-18)23(2,3)4/h5-9,14,16H,10-13,15H2,1-4H3. The molecule has 0 aliphatic carbocycles. The first-order valence-electron chi connectivity index (χ1n) is 10.4. The Hall–Kier alpha value is -2.51. The molecule has 2 aromatic heterocycles. The highest BCUT2D eigenvalue weighted by molar-refractivity contribution is 7.09. The number of aryl methyl sites for hydroxylation is 1. The van der Waals surface area contributed by atoms with E-state index < -0.39 is 0 Å². The van der Waals surface area contributed by atoms with Crippen LogP contribution in [0.2, 0.25) is 0 Å². The van der Waals surface area contributed by atoms with Gasteiger partial charge in [0.25, 0.3) is 5.91 Å². The monoisotopic (exact) mass is 423 g/mol. The third kappa shape index (κ3) is 4.47. The van der Waals surface area contributed by atoms with E-state index in [4.69, 9.17) is 4.98 Å². The molecule has 7 heteroatoms. The van der Waals surface area contributed by atoms with Crippen LogP contribution in [0.25, 0.3) is 5.69 Å². The number of rotatable bonds is 4. The molecule has 0 unspecified atom stereocenters. The van der Waals surface area contributed by atoms with Crippen LogP contribution in [0.5, 0.6) is 0 Å².